The first-order chi connectivity index (χ1) is 7.36. The summed E-state index contributed by atoms with van der Waals surface area (Å²) in [6.45, 7) is 3.33. The first kappa shape index (κ1) is 12.1. The molecule has 0 aromatic heterocycles. The number of hydrogen-bond acceptors (Lipinski definition) is 3. The second-order valence-corrected chi connectivity index (χ2v) is 7.78. The fraction of sp³-hybridized carbons (Fsp3) is 0.900. The van der Waals surface area contributed by atoms with Gasteiger partial charge in [0.25, 0.3) is 10.0 Å². The summed E-state index contributed by atoms with van der Waals surface area (Å²) in [5.74, 6) is 0. The van der Waals surface area contributed by atoms with Crippen LogP contribution < -0.4 is 5.32 Å². The van der Waals surface area contributed by atoms with E-state index in [-0.39, 0.29) is 6.04 Å². The quantitative estimate of drug-likeness (QED) is 0.729. The molecule has 4 nitrogen and oxygen atoms in total. The molecule has 1 aliphatic heterocycles. The third kappa shape index (κ3) is 1.72. The lowest BCUT2D eigenvalue weighted by Gasteiger charge is -2.31. The van der Waals surface area contributed by atoms with Gasteiger partial charge in [-0.1, -0.05) is 19.3 Å². The fourth-order valence-electron chi connectivity index (χ4n) is 2.41. The summed E-state index contributed by atoms with van der Waals surface area (Å²) in [5, 5.41) is 3.27. The second kappa shape index (κ2) is 3.84. The Bertz CT molecular complexity index is 397. The van der Waals surface area contributed by atoms with Gasteiger partial charge in [0.05, 0.1) is 0 Å². The molecule has 1 saturated heterocycles. The molecule has 2 rings (SSSR count). The van der Waals surface area contributed by atoms with Gasteiger partial charge in [0.2, 0.25) is 0 Å². The number of nitrogens with one attached hydrogen (secondary N) is 1. The Hall–Kier alpha value is -0.360. The summed E-state index contributed by atoms with van der Waals surface area (Å²) in [7, 11) is -3.33. The lowest BCUT2D eigenvalue weighted by Crippen LogP contribution is -2.43. The number of rotatable bonds is 1. The van der Waals surface area contributed by atoms with Crippen LogP contribution in [0.2, 0.25) is 0 Å². The number of thiocarbonyl (C=S) groups is 1. The standard InChI is InChI=1S/C10H18N2O2S2/c1-10(2)11-9(15)12(16(10,13)14)8-6-4-3-5-7-8/h8H,3-7H2,1-2H3,(H,11,15). The summed E-state index contributed by atoms with van der Waals surface area (Å²) in [4.78, 5) is -0.957. The van der Waals surface area contributed by atoms with Crippen LogP contribution in [0.3, 0.4) is 0 Å². The van der Waals surface area contributed by atoms with Crippen LogP contribution in [0.4, 0.5) is 0 Å². The third-order valence-corrected chi connectivity index (χ3v) is 6.22. The van der Waals surface area contributed by atoms with Crippen molar-refractivity contribution < 1.29 is 8.42 Å². The summed E-state index contributed by atoms with van der Waals surface area (Å²) in [6.07, 6.45) is 5.25. The molecule has 2 fully saturated rings. The van der Waals surface area contributed by atoms with Crippen molar-refractivity contribution in [2.75, 3.05) is 0 Å². The summed E-state index contributed by atoms with van der Waals surface area (Å²) >= 11 is 5.15. The Balaban J connectivity index is 2.30. The molecule has 16 heavy (non-hydrogen) atoms. The normalized spacial score (nSPS) is 29.1. The lowest BCUT2D eigenvalue weighted by atomic mass is 9.96. The van der Waals surface area contributed by atoms with Gasteiger partial charge >= 0.3 is 0 Å². The van der Waals surface area contributed by atoms with Crippen LogP contribution in [0, 0.1) is 0 Å². The molecular formula is C10H18N2O2S2. The van der Waals surface area contributed by atoms with E-state index in [0.29, 0.717) is 5.11 Å². The van der Waals surface area contributed by atoms with Gasteiger partial charge in [-0.05, 0) is 38.9 Å². The van der Waals surface area contributed by atoms with E-state index in [1.807, 2.05) is 0 Å². The van der Waals surface area contributed by atoms with Gasteiger partial charge in [0, 0.05) is 6.04 Å². The van der Waals surface area contributed by atoms with Crippen LogP contribution >= 0.6 is 12.2 Å². The van der Waals surface area contributed by atoms with Crippen LogP contribution in [0.1, 0.15) is 46.0 Å². The molecule has 0 radical (unpaired) electrons. The molecule has 0 atom stereocenters. The van der Waals surface area contributed by atoms with Gasteiger partial charge in [0.1, 0.15) is 0 Å². The highest BCUT2D eigenvalue weighted by Crippen LogP contribution is 2.33. The summed E-state index contributed by atoms with van der Waals surface area (Å²) < 4.78 is 26.0. The van der Waals surface area contributed by atoms with Crippen molar-refractivity contribution in [3.05, 3.63) is 0 Å². The molecule has 1 saturated carbocycles. The molecule has 1 aliphatic carbocycles. The predicted molar refractivity (Wildman–Crippen MR) is 67.4 cm³/mol. The molecular weight excluding hydrogens is 244 g/mol. The van der Waals surface area contributed by atoms with Crippen molar-refractivity contribution >= 4 is 27.4 Å². The van der Waals surface area contributed by atoms with E-state index in [9.17, 15) is 8.42 Å². The third-order valence-electron chi connectivity index (χ3n) is 3.42. The predicted octanol–water partition coefficient (Wildman–Crippen LogP) is 1.58. The van der Waals surface area contributed by atoms with Gasteiger partial charge in [-0.2, -0.15) is 0 Å². The van der Waals surface area contributed by atoms with E-state index >= 15 is 0 Å². The first-order valence-electron chi connectivity index (χ1n) is 5.72. The van der Waals surface area contributed by atoms with E-state index in [0.717, 1.165) is 25.7 Å². The van der Waals surface area contributed by atoms with Crippen LogP contribution in [0.25, 0.3) is 0 Å². The fourth-order valence-corrected chi connectivity index (χ4v) is 4.76. The van der Waals surface area contributed by atoms with Gasteiger partial charge in [-0.25, -0.2) is 12.7 Å². The summed E-state index contributed by atoms with van der Waals surface area (Å²) in [5.41, 5.74) is 0. The molecule has 0 unspecified atom stereocenters. The average molecular weight is 262 g/mol. The van der Waals surface area contributed by atoms with Crippen molar-refractivity contribution in [1.29, 1.82) is 0 Å². The van der Waals surface area contributed by atoms with Crippen LogP contribution in [0.5, 0.6) is 0 Å². The van der Waals surface area contributed by atoms with E-state index in [4.69, 9.17) is 12.2 Å². The zero-order valence-corrected chi connectivity index (χ0v) is 11.3. The molecule has 1 N–H and O–H groups in total. The van der Waals surface area contributed by atoms with Crippen LogP contribution in [-0.4, -0.2) is 28.7 Å². The maximum Gasteiger partial charge on any atom is 0.260 e. The minimum absolute atomic E-state index is 0.0699. The minimum atomic E-state index is -3.33. The molecule has 0 aromatic rings. The van der Waals surface area contributed by atoms with E-state index in [1.54, 1.807) is 13.8 Å². The van der Waals surface area contributed by atoms with Gasteiger partial charge in [-0.15, -0.1) is 0 Å². The Morgan fingerprint density at radius 1 is 1.31 bits per heavy atom. The molecule has 0 amide bonds. The van der Waals surface area contributed by atoms with Crippen molar-refractivity contribution in [1.82, 2.24) is 9.62 Å². The monoisotopic (exact) mass is 262 g/mol. The maximum atomic E-state index is 12.3. The lowest BCUT2D eigenvalue weighted by molar-refractivity contribution is 0.329. The largest absolute Gasteiger partial charge is 0.342 e. The van der Waals surface area contributed by atoms with E-state index in [1.165, 1.54) is 10.7 Å². The highest BCUT2D eigenvalue weighted by atomic mass is 32.2. The Morgan fingerprint density at radius 3 is 2.31 bits per heavy atom. The maximum absolute atomic E-state index is 12.3. The molecule has 6 heteroatoms. The SMILES string of the molecule is CC1(C)NC(=S)N(C2CCCCC2)S1(=O)=O. The van der Waals surface area contributed by atoms with Gasteiger partial charge < -0.3 is 5.32 Å². The number of nitrogens with zero attached hydrogens (tertiary/aromatic N) is 1. The van der Waals surface area contributed by atoms with E-state index < -0.39 is 14.9 Å². The highest BCUT2D eigenvalue weighted by Gasteiger charge is 2.50. The first-order valence-corrected chi connectivity index (χ1v) is 7.57. The Labute approximate surface area is 102 Å². The summed E-state index contributed by atoms with van der Waals surface area (Å²) in [6, 6.07) is 0.0699. The minimum Gasteiger partial charge on any atom is -0.342 e. The number of sulfonamides is 1. The molecule has 92 valence electrons. The highest BCUT2D eigenvalue weighted by molar-refractivity contribution is 7.93. The van der Waals surface area contributed by atoms with Crippen molar-refractivity contribution in [2.24, 2.45) is 0 Å². The van der Waals surface area contributed by atoms with Gasteiger partial charge in [-0.3, -0.25) is 0 Å². The van der Waals surface area contributed by atoms with E-state index in [2.05, 4.69) is 5.32 Å². The Morgan fingerprint density at radius 2 is 1.88 bits per heavy atom. The smallest absolute Gasteiger partial charge is 0.260 e. The van der Waals surface area contributed by atoms with Crippen LogP contribution in [0.15, 0.2) is 0 Å². The van der Waals surface area contributed by atoms with Gasteiger partial charge in [0.15, 0.2) is 9.98 Å². The molecule has 0 bridgehead atoms. The van der Waals surface area contributed by atoms with Crippen molar-refractivity contribution in [2.45, 2.75) is 56.9 Å². The van der Waals surface area contributed by atoms with Crippen molar-refractivity contribution in [3.63, 3.8) is 0 Å². The zero-order chi connectivity index (χ0) is 12.0. The zero-order valence-electron chi connectivity index (χ0n) is 9.69. The Kier molecular flexibility index (Phi) is 2.90. The topological polar surface area (TPSA) is 49.4 Å². The second-order valence-electron chi connectivity index (χ2n) is 5.03. The van der Waals surface area contributed by atoms with Crippen LogP contribution in [-0.2, 0) is 10.0 Å². The average Bonchev–Trinajstić information content (AvgIpc) is 2.33. The van der Waals surface area contributed by atoms with Crippen molar-refractivity contribution in [3.8, 4) is 0 Å². The molecule has 1 heterocycles. The molecule has 0 spiro atoms. The number of hydrogen-bond donors (Lipinski definition) is 1. The molecule has 2 aliphatic rings. The molecule has 0 aromatic carbocycles.